The molecule has 1 atom stereocenters. The quantitative estimate of drug-likeness (QED) is 0.194. The van der Waals surface area contributed by atoms with Gasteiger partial charge in [0.1, 0.15) is 0 Å². The predicted octanol–water partition coefficient (Wildman–Crippen LogP) is 5.50. The average molecular weight is 419 g/mol. The second-order valence-electron chi connectivity index (χ2n) is 8.17. The number of hydrogen-bond donors (Lipinski definition) is 0. The fourth-order valence-electron chi connectivity index (χ4n) is 3.27. The lowest BCUT2D eigenvalue weighted by Gasteiger charge is -2.16. The van der Waals surface area contributed by atoms with Crippen molar-refractivity contribution in [3.05, 3.63) is 0 Å². The summed E-state index contributed by atoms with van der Waals surface area (Å²) in [6.45, 7) is 15.8. The number of ether oxygens (including phenoxy) is 5. The molecule has 0 rings (SSSR count). The zero-order valence-corrected chi connectivity index (χ0v) is 19.9. The maximum atomic E-state index is 5.64. The molecule has 5 nitrogen and oxygen atoms in total. The molecule has 0 spiro atoms. The summed E-state index contributed by atoms with van der Waals surface area (Å²) in [5.74, 6) is 1.75. The molecule has 176 valence electrons. The van der Waals surface area contributed by atoms with Gasteiger partial charge in [-0.3, -0.25) is 0 Å². The van der Waals surface area contributed by atoms with Crippen molar-refractivity contribution in [1.29, 1.82) is 0 Å². The van der Waals surface area contributed by atoms with Crippen LogP contribution in [0.15, 0.2) is 0 Å². The van der Waals surface area contributed by atoms with Crippen molar-refractivity contribution in [3.63, 3.8) is 0 Å². The molecular formula is C24H50O5. The first-order valence-corrected chi connectivity index (χ1v) is 12.1. The minimum absolute atomic E-state index is 0.601. The Bertz CT molecular complexity index is 299. The van der Waals surface area contributed by atoms with Crippen LogP contribution in [0.4, 0.5) is 0 Å². The van der Waals surface area contributed by atoms with Crippen molar-refractivity contribution in [3.8, 4) is 0 Å². The van der Waals surface area contributed by atoms with E-state index < -0.39 is 0 Å². The van der Waals surface area contributed by atoms with Gasteiger partial charge in [-0.15, -0.1) is 0 Å². The third-order valence-corrected chi connectivity index (χ3v) is 4.87. The van der Waals surface area contributed by atoms with Crippen LogP contribution in [0.1, 0.15) is 79.1 Å². The van der Waals surface area contributed by atoms with Gasteiger partial charge in [0.2, 0.25) is 0 Å². The number of unbranched alkanes of at least 4 members (excludes halogenated alkanes) is 3. The normalized spacial score (nSPS) is 12.7. The van der Waals surface area contributed by atoms with Gasteiger partial charge < -0.3 is 23.7 Å². The van der Waals surface area contributed by atoms with Crippen molar-refractivity contribution in [2.45, 2.75) is 79.1 Å². The van der Waals surface area contributed by atoms with Crippen molar-refractivity contribution >= 4 is 0 Å². The molecule has 0 aliphatic rings. The average Bonchev–Trinajstić information content (AvgIpc) is 2.71. The lowest BCUT2D eigenvalue weighted by Crippen LogP contribution is -2.13. The summed E-state index contributed by atoms with van der Waals surface area (Å²) in [6.07, 6.45) is 10.3. The summed E-state index contributed by atoms with van der Waals surface area (Å²) in [7, 11) is 0. The van der Waals surface area contributed by atoms with Gasteiger partial charge in [-0.2, -0.15) is 0 Å². The molecule has 5 heteroatoms. The molecule has 29 heavy (non-hydrogen) atoms. The van der Waals surface area contributed by atoms with Gasteiger partial charge in [0.15, 0.2) is 0 Å². The van der Waals surface area contributed by atoms with E-state index in [0.29, 0.717) is 52.9 Å². The van der Waals surface area contributed by atoms with Crippen LogP contribution in [0.2, 0.25) is 0 Å². The van der Waals surface area contributed by atoms with Crippen LogP contribution < -0.4 is 0 Å². The predicted molar refractivity (Wildman–Crippen MR) is 121 cm³/mol. The third kappa shape index (κ3) is 23.9. The minimum atomic E-state index is 0.601. The van der Waals surface area contributed by atoms with E-state index in [1.807, 2.05) is 0 Å². The Hall–Kier alpha value is -0.200. The van der Waals surface area contributed by atoms with E-state index >= 15 is 0 Å². The molecule has 0 bridgehead atoms. The van der Waals surface area contributed by atoms with E-state index in [9.17, 15) is 0 Å². The van der Waals surface area contributed by atoms with E-state index in [0.717, 1.165) is 37.9 Å². The monoisotopic (exact) mass is 418 g/mol. The fourth-order valence-corrected chi connectivity index (χ4v) is 3.27. The topological polar surface area (TPSA) is 46.2 Å². The molecule has 0 fully saturated rings. The summed E-state index contributed by atoms with van der Waals surface area (Å²) >= 11 is 0. The lowest BCUT2D eigenvalue weighted by atomic mass is 9.90. The molecule has 0 heterocycles. The first-order chi connectivity index (χ1) is 14.2. The van der Waals surface area contributed by atoms with E-state index in [-0.39, 0.29) is 0 Å². The zero-order chi connectivity index (χ0) is 21.4. The summed E-state index contributed by atoms with van der Waals surface area (Å²) in [4.78, 5) is 0. The van der Waals surface area contributed by atoms with Crippen molar-refractivity contribution in [2.24, 2.45) is 11.8 Å². The molecule has 0 radical (unpaired) electrons. The van der Waals surface area contributed by atoms with Gasteiger partial charge in [0.25, 0.3) is 0 Å². The molecule has 0 aliphatic carbocycles. The van der Waals surface area contributed by atoms with Crippen LogP contribution in [0, 0.1) is 11.8 Å². The Labute approximate surface area is 181 Å². The minimum Gasteiger partial charge on any atom is -0.379 e. The SMILES string of the molecule is CCCOCCOCCOCCOCCOCCCCCCC(CC)CC(C)C. The van der Waals surface area contributed by atoms with E-state index in [1.165, 1.54) is 38.5 Å². The highest BCUT2D eigenvalue weighted by Gasteiger charge is 2.08. The number of rotatable bonds is 24. The molecule has 0 N–H and O–H groups in total. The van der Waals surface area contributed by atoms with Crippen molar-refractivity contribution in [1.82, 2.24) is 0 Å². The molecule has 0 aromatic heterocycles. The Morgan fingerprint density at radius 1 is 0.517 bits per heavy atom. The highest BCUT2D eigenvalue weighted by Crippen LogP contribution is 2.21. The van der Waals surface area contributed by atoms with Crippen LogP contribution in [0.3, 0.4) is 0 Å². The summed E-state index contributed by atoms with van der Waals surface area (Å²) in [5, 5.41) is 0. The Morgan fingerprint density at radius 3 is 1.41 bits per heavy atom. The standard InChI is InChI=1S/C24H50O5/c1-5-12-25-14-16-27-18-20-29-21-19-28-17-15-26-13-10-8-7-9-11-24(6-2)22-23(3)4/h23-24H,5-22H2,1-4H3. The van der Waals surface area contributed by atoms with Gasteiger partial charge in [-0.1, -0.05) is 59.8 Å². The van der Waals surface area contributed by atoms with Crippen LogP contribution in [-0.2, 0) is 23.7 Å². The molecule has 0 aromatic rings. The summed E-state index contributed by atoms with van der Waals surface area (Å²) in [5.41, 5.74) is 0. The first kappa shape index (κ1) is 28.8. The maximum Gasteiger partial charge on any atom is 0.0701 e. The molecule has 1 unspecified atom stereocenters. The summed E-state index contributed by atoms with van der Waals surface area (Å²) < 4.78 is 27.3. The van der Waals surface area contributed by atoms with Crippen LogP contribution >= 0.6 is 0 Å². The van der Waals surface area contributed by atoms with Gasteiger partial charge in [-0.05, 0) is 31.1 Å². The smallest absolute Gasteiger partial charge is 0.0701 e. The second-order valence-corrected chi connectivity index (χ2v) is 8.17. The first-order valence-electron chi connectivity index (χ1n) is 12.1. The molecule has 0 saturated carbocycles. The van der Waals surface area contributed by atoms with Crippen LogP contribution in [0.5, 0.6) is 0 Å². The van der Waals surface area contributed by atoms with Crippen molar-refractivity contribution < 1.29 is 23.7 Å². The number of hydrogen-bond acceptors (Lipinski definition) is 5. The fraction of sp³-hybridized carbons (Fsp3) is 1.00. The van der Waals surface area contributed by atoms with Crippen LogP contribution in [-0.4, -0.2) is 66.1 Å². The molecule has 0 saturated heterocycles. The van der Waals surface area contributed by atoms with E-state index in [2.05, 4.69) is 27.7 Å². The Kier molecular flexibility index (Phi) is 23.9. The maximum absolute atomic E-state index is 5.64. The van der Waals surface area contributed by atoms with Gasteiger partial charge in [0, 0.05) is 13.2 Å². The van der Waals surface area contributed by atoms with Gasteiger partial charge >= 0.3 is 0 Å². The lowest BCUT2D eigenvalue weighted by molar-refractivity contribution is -0.0111. The van der Waals surface area contributed by atoms with Crippen molar-refractivity contribution in [2.75, 3.05) is 66.1 Å². The third-order valence-electron chi connectivity index (χ3n) is 4.87. The molecular weight excluding hydrogens is 368 g/mol. The zero-order valence-electron chi connectivity index (χ0n) is 19.9. The molecule has 0 aliphatic heterocycles. The van der Waals surface area contributed by atoms with Crippen LogP contribution in [0.25, 0.3) is 0 Å². The highest BCUT2D eigenvalue weighted by atomic mass is 16.6. The van der Waals surface area contributed by atoms with Gasteiger partial charge in [0.05, 0.1) is 52.9 Å². The molecule has 0 aromatic carbocycles. The van der Waals surface area contributed by atoms with E-state index in [1.54, 1.807) is 0 Å². The Morgan fingerprint density at radius 2 is 0.966 bits per heavy atom. The second kappa shape index (κ2) is 24.1. The molecule has 0 amide bonds. The summed E-state index contributed by atoms with van der Waals surface area (Å²) in [6, 6.07) is 0. The largest absolute Gasteiger partial charge is 0.379 e. The highest BCUT2D eigenvalue weighted by molar-refractivity contribution is 4.60. The van der Waals surface area contributed by atoms with Gasteiger partial charge in [-0.25, -0.2) is 0 Å². The Balaban J connectivity index is 3.11. The van der Waals surface area contributed by atoms with E-state index in [4.69, 9.17) is 23.7 Å².